The second-order valence-electron chi connectivity index (χ2n) is 3.17. The van der Waals surface area contributed by atoms with E-state index in [1.165, 1.54) is 12.1 Å². The van der Waals surface area contributed by atoms with Crippen molar-refractivity contribution in [1.29, 1.82) is 0 Å². The van der Waals surface area contributed by atoms with Gasteiger partial charge in [-0.05, 0) is 26.1 Å². The van der Waals surface area contributed by atoms with Crippen LogP contribution in [0.25, 0.3) is 11.1 Å². The Hall–Kier alpha value is -1.42. The average Bonchev–Trinajstić information content (AvgIpc) is 2.59. The van der Waals surface area contributed by atoms with Crippen LogP contribution in [0.15, 0.2) is 22.6 Å². The maximum atomic E-state index is 12.8. The Kier molecular flexibility index (Phi) is 2.21. The molecule has 2 aromatic rings. The van der Waals surface area contributed by atoms with Gasteiger partial charge in [0.05, 0.1) is 6.04 Å². The largest absolute Gasteiger partial charge is 0.439 e. The lowest BCUT2D eigenvalue weighted by atomic mass is 10.3. The molecule has 0 amide bonds. The molecule has 14 heavy (non-hydrogen) atoms. The zero-order chi connectivity index (χ0) is 10.1. The quantitative estimate of drug-likeness (QED) is 0.796. The molecule has 2 rings (SSSR count). The van der Waals surface area contributed by atoms with Crippen molar-refractivity contribution < 1.29 is 8.81 Å². The van der Waals surface area contributed by atoms with Crippen molar-refractivity contribution >= 4 is 11.1 Å². The van der Waals surface area contributed by atoms with Crippen LogP contribution in [0.1, 0.15) is 18.9 Å². The third-order valence-corrected chi connectivity index (χ3v) is 2.17. The fourth-order valence-electron chi connectivity index (χ4n) is 1.23. The molecule has 1 aromatic carbocycles. The molecule has 0 saturated carbocycles. The van der Waals surface area contributed by atoms with E-state index >= 15 is 0 Å². The van der Waals surface area contributed by atoms with E-state index in [2.05, 4.69) is 10.3 Å². The summed E-state index contributed by atoms with van der Waals surface area (Å²) in [6, 6.07) is 4.35. The minimum atomic E-state index is -0.297. The lowest BCUT2D eigenvalue weighted by molar-refractivity contribution is 0.456. The van der Waals surface area contributed by atoms with Gasteiger partial charge < -0.3 is 9.73 Å². The topological polar surface area (TPSA) is 38.1 Å². The fourth-order valence-corrected chi connectivity index (χ4v) is 1.23. The Labute approximate surface area is 80.9 Å². The number of hydrogen-bond donors (Lipinski definition) is 1. The van der Waals surface area contributed by atoms with Crippen LogP contribution in [0.3, 0.4) is 0 Å². The first-order valence-corrected chi connectivity index (χ1v) is 4.44. The Morgan fingerprint density at radius 3 is 3.00 bits per heavy atom. The summed E-state index contributed by atoms with van der Waals surface area (Å²) in [5.41, 5.74) is 1.17. The highest BCUT2D eigenvalue weighted by molar-refractivity contribution is 5.72. The van der Waals surface area contributed by atoms with Crippen LogP contribution >= 0.6 is 0 Å². The van der Waals surface area contributed by atoms with Crippen LogP contribution in [0.4, 0.5) is 4.39 Å². The third kappa shape index (κ3) is 1.48. The molecule has 0 aliphatic heterocycles. The van der Waals surface area contributed by atoms with Crippen molar-refractivity contribution in [3.8, 4) is 0 Å². The Balaban J connectivity index is 2.51. The highest BCUT2D eigenvalue weighted by Crippen LogP contribution is 2.20. The normalized spacial score (nSPS) is 13.4. The molecule has 0 radical (unpaired) electrons. The van der Waals surface area contributed by atoms with E-state index in [4.69, 9.17) is 4.42 Å². The molecule has 1 aromatic heterocycles. The van der Waals surface area contributed by atoms with Gasteiger partial charge in [0, 0.05) is 6.07 Å². The van der Waals surface area contributed by atoms with Gasteiger partial charge in [0.2, 0.25) is 5.89 Å². The van der Waals surface area contributed by atoms with Gasteiger partial charge in [-0.3, -0.25) is 0 Å². The highest BCUT2D eigenvalue weighted by Gasteiger charge is 2.11. The van der Waals surface area contributed by atoms with Crippen LogP contribution < -0.4 is 5.32 Å². The first-order valence-electron chi connectivity index (χ1n) is 4.44. The van der Waals surface area contributed by atoms with Crippen molar-refractivity contribution in [2.45, 2.75) is 13.0 Å². The molecule has 0 spiro atoms. The number of halogens is 1. The van der Waals surface area contributed by atoms with Crippen LogP contribution in [0.5, 0.6) is 0 Å². The molecule has 0 aliphatic rings. The molecule has 0 bridgehead atoms. The molecular weight excluding hydrogens is 183 g/mol. The summed E-state index contributed by atoms with van der Waals surface area (Å²) >= 11 is 0. The standard InChI is InChI=1S/C10H11FN2O/c1-6(12-2)10-13-8-5-7(11)3-4-9(8)14-10/h3-6,12H,1-2H3. The first-order chi connectivity index (χ1) is 6.70. The number of nitrogens with zero attached hydrogens (tertiary/aromatic N) is 1. The molecule has 0 saturated heterocycles. The lowest BCUT2D eigenvalue weighted by Crippen LogP contribution is -2.12. The van der Waals surface area contributed by atoms with Gasteiger partial charge in [0.1, 0.15) is 11.3 Å². The van der Waals surface area contributed by atoms with Crippen LogP contribution in [0, 0.1) is 5.82 Å². The van der Waals surface area contributed by atoms with Crippen LogP contribution in [-0.2, 0) is 0 Å². The highest BCUT2D eigenvalue weighted by atomic mass is 19.1. The van der Waals surface area contributed by atoms with Crippen LogP contribution in [0.2, 0.25) is 0 Å². The summed E-state index contributed by atoms with van der Waals surface area (Å²) in [6.45, 7) is 1.93. The van der Waals surface area contributed by atoms with Gasteiger partial charge >= 0.3 is 0 Å². The predicted octanol–water partition coefficient (Wildman–Crippen LogP) is 2.25. The van der Waals surface area contributed by atoms with Gasteiger partial charge in [0.15, 0.2) is 5.58 Å². The summed E-state index contributed by atoms with van der Waals surface area (Å²) < 4.78 is 18.3. The second-order valence-corrected chi connectivity index (χ2v) is 3.17. The number of fused-ring (bicyclic) bond motifs is 1. The van der Waals surface area contributed by atoms with Crippen LogP contribution in [-0.4, -0.2) is 12.0 Å². The number of rotatable bonds is 2. The Morgan fingerprint density at radius 1 is 1.50 bits per heavy atom. The van der Waals surface area contributed by atoms with E-state index < -0.39 is 0 Å². The molecule has 1 heterocycles. The first kappa shape index (κ1) is 9.15. The van der Waals surface area contributed by atoms with E-state index in [9.17, 15) is 4.39 Å². The van der Waals surface area contributed by atoms with Gasteiger partial charge in [-0.15, -0.1) is 0 Å². The molecule has 1 atom stereocenters. The van der Waals surface area contributed by atoms with E-state index in [0.29, 0.717) is 17.0 Å². The second kappa shape index (κ2) is 3.38. The summed E-state index contributed by atoms with van der Waals surface area (Å²) in [6.07, 6.45) is 0. The van der Waals surface area contributed by atoms with E-state index in [0.717, 1.165) is 0 Å². The van der Waals surface area contributed by atoms with Crippen molar-refractivity contribution in [2.24, 2.45) is 0 Å². The minimum Gasteiger partial charge on any atom is -0.439 e. The Morgan fingerprint density at radius 2 is 2.29 bits per heavy atom. The zero-order valence-electron chi connectivity index (χ0n) is 8.04. The molecule has 4 heteroatoms. The van der Waals surface area contributed by atoms with Crippen molar-refractivity contribution in [3.05, 3.63) is 29.9 Å². The number of hydrogen-bond acceptors (Lipinski definition) is 3. The smallest absolute Gasteiger partial charge is 0.212 e. The maximum Gasteiger partial charge on any atom is 0.212 e. The van der Waals surface area contributed by atoms with Gasteiger partial charge in [-0.2, -0.15) is 0 Å². The van der Waals surface area contributed by atoms with Crippen molar-refractivity contribution in [2.75, 3.05) is 7.05 Å². The molecular formula is C10H11FN2O. The van der Waals surface area contributed by atoms with Gasteiger partial charge in [0.25, 0.3) is 0 Å². The van der Waals surface area contributed by atoms with Gasteiger partial charge in [-0.1, -0.05) is 0 Å². The monoisotopic (exact) mass is 194 g/mol. The molecule has 0 aliphatic carbocycles. The minimum absolute atomic E-state index is 0.0328. The summed E-state index contributed by atoms with van der Waals surface area (Å²) in [5, 5.41) is 3.01. The molecule has 0 fully saturated rings. The van der Waals surface area contributed by atoms with E-state index in [1.807, 2.05) is 14.0 Å². The zero-order valence-corrected chi connectivity index (χ0v) is 8.04. The Bertz CT molecular complexity index is 452. The number of aromatic nitrogens is 1. The molecule has 1 N–H and O–H groups in total. The fraction of sp³-hybridized carbons (Fsp3) is 0.300. The molecule has 1 unspecified atom stereocenters. The van der Waals surface area contributed by atoms with Crippen molar-refractivity contribution in [3.63, 3.8) is 0 Å². The summed E-state index contributed by atoms with van der Waals surface area (Å²) in [5.74, 6) is 0.280. The van der Waals surface area contributed by atoms with E-state index in [1.54, 1.807) is 6.07 Å². The maximum absolute atomic E-state index is 12.8. The number of nitrogens with one attached hydrogen (secondary N) is 1. The van der Waals surface area contributed by atoms with E-state index in [-0.39, 0.29) is 11.9 Å². The summed E-state index contributed by atoms with van der Waals surface area (Å²) in [4.78, 5) is 4.18. The predicted molar refractivity (Wildman–Crippen MR) is 51.4 cm³/mol. The van der Waals surface area contributed by atoms with Gasteiger partial charge in [-0.25, -0.2) is 9.37 Å². The number of benzene rings is 1. The molecule has 3 nitrogen and oxygen atoms in total. The number of oxazole rings is 1. The van der Waals surface area contributed by atoms with Crippen molar-refractivity contribution in [1.82, 2.24) is 10.3 Å². The lowest BCUT2D eigenvalue weighted by Gasteiger charge is -2.02. The molecule has 74 valence electrons. The SMILES string of the molecule is CNC(C)c1nc2cc(F)ccc2o1. The average molecular weight is 194 g/mol. The summed E-state index contributed by atoms with van der Waals surface area (Å²) in [7, 11) is 1.82. The third-order valence-electron chi connectivity index (χ3n) is 2.17.